The van der Waals surface area contributed by atoms with E-state index in [9.17, 15) is 9.59 Å². The van der Waals surface area contributed by atoms with E-state index < -0.39 is 0 Å². The maximum Gasteiger partial charge on any atom is 0.264 e. The molecule has 2 aromatic rings. The molecule has 1 saturated heterocycles. The number of piperazine rings is 1. The molecular weight excluding hydrogens is 344 g/mol. The predicted molar refractivity (Wildman–Crippen MR) is 104 cm³/mol. The van der Waals surface area contributed by atoms with Gasteiger partial charge in [-0.1, -0.05) is 24.3 Å². The third-order valence-corrected chi connectivity index (χ3v) is 6.78. The number of hydrogen-bond donors (Lipinski definition) is 0. The van der Waals surface area contributed by atoms with Crippen LogP contribution in [0.15, 0.2) is 36.4 Å². The van der Waals surface area contributed by atoms with Gasteiger partial charge in [-0.3, -0.25) is 14.5 Å². The van der Waals surface area contributed by atoms with Crippen LogP contribution in [0, 0.1) is 0 Å². The van der Waals surface area contributed by atoms with Crippen molar-refractivity contribution in [1.29, 1.82) is 0 Å². The van der Waals surface area contributed by atoms with Crippen LogP contribution in [-0.2, 0) is 12.8 Å². The van der Waals surface area contributed by atoms with Gasteiger partial charge in [0, 0.05) is 32.2 Å². The maximum absolute atomic E-state index is 12.7. The molecule has 1 aromatic carbocycles. The first kappa shape index (κ1) is 17.4. The molecule has 5 heteroatoms. The molecule has 0 spiro atoms. The van der Waals surface area contributed by atoms with Gasteiger partial charge in [0.25, 0.3) is 5.91 Å². The summed E-state index contributed by atoms with van der Waals surface area (Å²) < 4.78 is 0. The minimum Gasteiger partial charge on any atom is -0.335 e. The van der Waals surface area contributed by atoms with E-state index in [1.807, 2.05) is 4.90 Å². The highest BCUT2D eigenvalue weighted by molar-refractivity contribution is 7.15. The molecule has 0 bridgehead atoms. The molecule has 136 valence electrons. The van der Waals surface area contributed by atoms with Gasteiger partial charge in [-0.2, -0.15) is 0 Å². The lowest BCUT2D eigenvalue weighted by Crippen LogP contribution is -2.53. The molecule has 0 saturated carbocycles. The largest absolute Gasteiger partial charge is 0.335 e. The molecule has 1 aromatic heterocycles. The summed E-state index contributed by atoms with van der Waals surface area (Å²) in [5.74, 6) is 0.0904. The highest BCUT2D eigenvalue weighted by atomic mass is 32.1. The van der Waals surface area contributed by atoms with E-state index in [-0.39, 0.29) is 11.7 Å². The topological polar surface area (TPSA) is 40.6 Å². The number of carbonyl (C=O) groups excluding carboxylic acids is 2. The molecule has 4 rings (SSSR count). The minimum absolute atomic E-state index is 0.0245. The lowest BCUT2D eigenvalue weighted by atomic mass is 9.87. The molecule has 1 amide bonds. The van der Waals surface area contributed by atoms with Gasteiger partial charge in [0.15, 0.2) is 5.78 Å². The van der Waals surface area contributed by atoms with E-state index in [4.69, 9.17) is 0 Å². The Morgan fingerprint density at radius 1 is 0.962 bits per heavy atom. The molecule has 26 heavy (non-hydrogen) atoms. The zero-order chi connectivity index (χ0) is 18.1. The van der Waals surface area contributed by atoms with Crippen LogP contribution in [-0.4, -0.2) is 53.7 Å². The van der Waals surface area contributed by atoms with Crippen molar-refractivity contribution in [2.45, 2.75) is 32.2 Å². The molecule has 2 heterocycles. The smallest absolute Gasteiger partial charge is 0.264 e. The molecular formula is C21H24N2O2S. The zero-order valence-corrected chi connectivity index (χ0v) is 15.9. The Hall–Kier alpha value is -1.98. The fourth-order valence-corrected chi connectivity index (χ4v) is 4.95. The van der Waals surface area contributed by atoms with Gasteiger partial charge in [-0.15, -0.1) is 11.3 Å². The second-order valence-corrected chi connectivity index (χ2v) is 8.30. The number of ketones is 1. The Kier molecular flexibility index (Phi) is 4.92. The number of Topliss-reactive ketones (excluding diaryl/α,β-unsaturated/α-hetero) is 1. The average molecular weight is 369 g/mol. The minimum atomic E-state index is 0.0245. The Balaban J connectivity index is 1.35. The number of carbonyl (C=O) groups is 2. The van der Waals surface area contributed by atoms with E-state index in [1.54, 1.807) is 19.1 Å². The normalized spacial score (nSPS) is 20.7. The molecule has 1 aliphatic carbocycles. The van der Waals surface area contributed by atoms with E-state index in [2.05, 4.69) is 29.2 Å². The highest BCUT2D eigenvalue weighted by Crippen LogP contribution is 2.26. The fourth-order valence-electron chi connectivity index (χ4n) is 4.08. The Bertz CT molecular complexity index is 821. The molecule has 0 radical (unpaired) electrons. The average Bonchev–Trinajstić information content (AvgIpc) is 3.18. The Morgan fingerprint density at radius 3 is 2.35 bits per heavy atom. The van der Waals surface area contributed by atoms with Crippen LogP contribution in [0.5, 0.6) is 0 Å². The SMILES string of the molecule is CC(=O)c1ccc(C(=O)N2CCN([C@@H]3CCc4ccccc4C3)CC2)s1. The van der Waals surface area contributed by atoms with E-state index >= 15 is 0 Å². The first-order valence-corrected chi connectivity index (χ1v) is 10.1. The molecule has 2 aliphatic rings. The summed E-state index contributed by atoms with van der Waals surface area (Å²) in [7, 11) is 0. The predicted octanol–water partition coefficient (Wildman–Crippen LogP) is 3.27. The monoisotopic (exact) mass is 368 g/mol. The molecule has 1 fully saturated rings. The van der Waals surface area contributed by atoms with E-state index in [0.29, 0.717) is 15.8 Å². The number of thiophene rings is 1. The fraction of sp³-hybridized carbons (Fsp3) is 0.429. The van der Waals surface area contributed by atoms with Crippen LogP contribution in [0.4, 0.5) is 0 Å². The summed E-state index contributed by atoms with van der Waals surface area (Å²) in [4.78, 5) is 30.0. The Morgan fingerprint density at radius 2 is 1.65 bits per heavy atom. The van der Waals surface area contributed by atoms with Crippen LogP contribution in [0.3, 0.4) is 0 Å². The van der Waals surface area contributed by atoms with Crippen LogP contribution in [0.2, 0.25) is 0 Å². The van der Waals surface area contributed by atoms with Gasteiger partial charge < -0.3 is 4.90 Å². The highest BCUT2D eigenvalue weighted by Gasteiger charge is 2.29. The van der Waals surface area contributed by atoms with Crippen molar-refractivity contribution < 1.29 is 9.59 Å². The van der Waals surface area contributed by atoms with Crippen molar-refractivity contribution in [3.05, 3.63) is 57.3 Å². The standard InChI is InChI=1S/C21H24N2O2S/c1-15(24)19-8-9-20(26-19)21(25)23-12-10-22(11-13-23)18-7-6-16-4-2-3-5-17(16)14-18/h2-5,8-9,18H,6-7,10-14H2,1H3/t18-/m1/s1. The molecule has 1 atom stereocenters. The summed E-state index contributed by atoms with van der Waals surface area (Å²) in [6.45, 7) is 4.95. The molecule has 1 aliphatic heterocycles. The number of fused-ring (bicyclic) bond motifs is 1. The summed E-state index contributed by atoms with van der Waals surface area (Å²) in [6, 6.07) is 12.9. The van der Waals surface area contributed by atoms with Gasteiger partial charge in [0.1, 0.15) is 0 Å². The van der Waals surface area contributed by atoms with Gasteiger partial charge in [0.2, 0.25) is 0 Å². The third kappa shape index (κ3) is 3.46. The van der Waals surface area contributed by atoms with Gasteiger partial charge in [-0.05, 0) is 49.4 Å². The number of nitrogens with zero attached hydrogens (tertiary/aromatic N) is 2. The van der Waals surface area contributed by atoms with Crippen LogP contribution in [0.1, 0.15) is 43.8 Å². The number of amides is 1. The van der Waals surface area contributed by atoms with Gasteiger partial charge in [-0.25, -0.2) is 0 Å². The third-order valence-electron chi connectivity index (χ3n) is 5.60. The summed E-state index contributed by atoms with van der Waals surface area (Å²) >= 11 is 1.31. The number of aryl methyl sites for hydroxylation is 1. The summed E-state index contributed by atoms with van der Waals surface area (Å²) in [5.41, 5.74) is 2.98. The van der Waals surface area contributed by atoms with Crippen molar-refractivity contribution in [3.63, 3.8) is 0 Å². The first-order chi connectivity index (χ1) is 12.6. The lowest BCUT2D eigenvalue weighted by molar-refractivity contribution is 0.0557. The van der Waals surface area contributed by atoms with Gasteiger partial charge in [0.05, 0.1) is 9.75 Å². The zero-order valence-electron chi connectivity index (χ0n) is 15.1. The van der Waals surface area contributed by atoms with Crippen molar-refractivity contribution in [1.82, 2.24) is 9.80 Å². The second kappa shape index (κ2) is 7.33. The summed E-state index contributed by atoms with van der Waals surface area (Å²) in [6.07, 6.45) is 3.48. The van der Waals surface area contributed by atoms with Crippen LogP contribution >= 0.6 is 11.3 Å². The molecule has 0 unspecified atom stereocenters. The first-order valence-electron chi connectivity index (χ1n) is 9.32. The van der Waals surface area contributed by atoms with E-state index in [0.717, 1.165) is 39.0 Å². The quantitative estimate of drug-likeness (QED) is 0.781. The molecule has 4 nitrogen and oxygen atoms in total. The summed E-state index contributed by atoms with van der Waals surface area (Å²) in [5, 5.41) is 0. The lowest BCUT2D eigenvalue weighted by Gasteiger charge is -2.41. The second-order valence-electron chi connectivity index (χ2n) is 7.21. The van der Waals surface area contributed by atoms with Crippen molar-refractivity contribution in [3.8, 4) is 0 Å². The number of hydrogen-bond acceptors (Lipinski definition) is 4. The van der Waals surface area contributed by atoms with Crippen LogP contribution < -0.4 is 0 Å². The van der Waals surface area contributed by atoms with Gasteiger partial charge >= 0.3 is 0 Å². The molecule has 0 N–H and O–H groups in total. The van der Waals surface area contributed by atoms with Crippen molar-refractivity contribution in [2.24, 2.45) is 0 Å². The van der Waals surface area contributed by atoms with Crippen LogP contribution in [0.25, 0.3) is 0 Å². The van der Waals surface area contributed by atoms with E-state index in [1.165, 1.54) is 28.9 Å². The van der Waals surface area contributed by atoms with Crippen molar-refractivity contribution >= 4 is 23.0 Å². The Labute approximate surface area is 158 Å². The number of rotatable bonds is 3. The number of benzene rings is 1. The van der Waals surface area contributed by atoms with Crippen molar-refractivity contribution in [2.75, 3.05) is 26.2 Å². The maximum atomic E-state index is 12.7.